The van der Waals surface area contributed by atoms with Crippen molar-refractivity contribution in [3.63, 3.8) is 0 Å². The van der Waals surface area contributed by atoms with Crippen LogP contribution in [0.15, 0.2) is 24.8 Å². The van der Waals surface area contributed by atoms with Gasteiger partial charge in [0.15, 0.2) is 0 Å². The van der Waals surface area contributed by atoms with Crippen molar-refractivity contribution in [3.05, 3.63) is 30.6 Å². The van der Waals surface area contributed by atoms with Crippen molar-refractivity contribution >= 4 is 5.82 Å². The van der Waals surface area contributed by atoms with Crippen molar-refractivity contribution in [2.45, 2.75) is 33.1 Å². The van der Waals surface area contributed by atoms with Crippen molar-refractivity contribution in [1.82, 2.24) is 19.5 Å². The van der Waals surface area contributed by atoms with Gasteiger partial charge >= 0.3 is 0 Å². The minimum atomic E-state index is 0.302. The molecule has 18 heavy (non-hydrogen) atoms. The molecule has 5 nitrogen and oxygen atoms in total. The summed E-state index contributed by atoms with van der Waals surface area (Å²) in [6.07, 6.45) is 6.45. The summed E-state index contributed by atoms with van der Waals surface area (Å²) in [4.78, 5) is 13.1. The van der Waals surface area contributed by atoms with Crippen LogP contribution in [0.25, 0.3) is 5.82 Å². The lowest BCUT2D eigenvalue weighted by Crippen LogP contribution is -2.09. The van der Waals surface area contributed by atoms with Gasteiger partial charge in [0.1, 0.15) is 23.8 Å². The summed E-state index contributed by atoms with van der Waals surface area (Å²) < 4.78 is 1.89. The van der Waals surface area contributed by atoms with E-state index in [1.54, 1.807) is 12.5 Å². The standard InChI is InChI=1S/C13H19N5/c1-4-5-15-11-8-12(18-7-6-14-9-18)17-13(16-11)10(2)3/h6-10H,4-5H2,1-3H3,(H,15,16,17). The molecule has 0 unspecified atom stereocenters. The Morgan fingerprint density at radius 2 is 2.17 bits per heavy atom. The van der Waals surface area contributed by atoms with Crippen LogP contribution in [-0.2, 0) is 0 Å². The first kappa shape index (κ1) is 12.5. The lowest BCUT2D eigenvalue weighted by molar-refractivity contribution is 0.761. The van der Waals surface area contributed by atoms with Crippen molar-refractivity contribution in [3.8, 4) is 5.82 Å². The molecule has 2 heterocycles. The van der Waals surface area contributed by atoms with Gasteiger partial charge in [-0.1, -0.05) is 20.8 Å². The highest BCUT2D eigenvalue weighted by molar-refractivity contribution is 5.42. The van der Waals surface area contributed by atoms with Crippen LogP contribution >= 0.6 is 0 Å². The first-order chi connectivity index (χ1) is 8.70. The van der Waals surface area contributed by atoms with E-state index < -0.39 is 0 Å². The van der Waals surface area contributed by atoms with Gasteiger partial charge in [0.25, 0.3) is 0 Å². The molecule has 0 bridgehead atoms. The predicted molar refractivity (Wildman–Crippen MR) is 72.0 cm³/mol. The number of nitrogens with zero attached hydrogens (tertiary/aromatic N) is 4. The minimum Gasteiger partial charge on any atom is -0.370 e. The highest BCUT2D eigenvalue weighted by Crippen LogP contribution is 2.16. The SMILES string of the molecule is CCCNc1cc(-n2ccnc2)nc(C(C)C)n1. The predicted octanol–water partition coefficient (Wildman–Crippen LogP) is 2.61. The van der Waals surface area contributed by atoms with Crippen molar-refractivity contribution in [2.75, 3.05) is 11.9 Å². The summed E-state index contributed by atoms with van der Waals surface area (Å²) in [5, 5.41) is 3.31. The highest BCUT2D eigenvalue weighted by Gasteiger charge is 2.08. The van der Waals surface area contributed by atoms with Crippen LogP contribution < -0.4 is 5.32 Å². The van der Waals surface area contributed by atoms with Gasteiger partial charge in [0.2, 0.25) is 0 Å². The lowest BCUT2D eigenvalue weighted by Gasteiger charge is -2.11. The highest BCUT2D eigenvalue weighted by atomic mass is 15.1. The van der Waals surface area contributed by atoms with Gasteiger partial charge in [-0.3, -0.25) is 4.57 Å². The normalized spacial score (nSPS) is 10.9. The van der Waals surface area contributed by atoms with E-state index in [0.29, 0.717) is 5.92 Å². The second-order valence-electron chi connectivity index (χ2n) is 4.52. The van der Waals surface area contributed by atoms with E-state index in [2.05, 4.69) is 41.0 Å². The molecule has 2 aromatic rings. The van der Waals surface area contributed by atoms with Gasteiger partial charge in [-0.05, 0) is 6.42 Å². The molecular formula is C13H19N5. The number of imidazole rings is 1. The van der Waals surface area contributed by atoms with Crippen LogP contribution in [-0.4, -0.2) is 26.1 Å². The van der Waals surface area contributed by atoms with Gasteiger partial charge < -0.3 is 5.32 Å². The summed E-state index contributed by atoms with van der Waals surface area (Å²) in [6.45, 7) is 7.24. The van der Waals surface area contributed by atoms with Gasteiger partial charge in [0.05, 0.1) is 0 Å². The zero-order valence-electron chi connectivity index (χ0n) is 11.1. The Kier molecular flexibility index (Phi) is 3.92. The van der Waals surface area contributed by atoms with Crippen LogP contribution in [0.3, 0.4) is 0 Å². The Labute approximate surface area is 107 Å². The number of aromatic nitrogens is 4. The fourth-order valence-electron chi connectivity index (χ4n) is 1.58. The Balaban J connectivity index is 2.36. The number of anilines is 1. The minimum absolute atomic E-state index is 0.302. The van der Waals surface area contributed by atoms with Crippen LogP contribution in [0, 0.1) is 0 Å². The summed E-state index contributed by atoms with van der Waals surface area (Å²) in [6, 6.07) is 1.95. The zero-order chi connectivity index (χ0) is 13.0. The third-order valence-electron chi connectivity index (χ3n) is 2.57. The van der Waals surface area contributed by atoms with Gasteiger partial charge in [-0.15, -0.1) is 0 Å². The molecule has 0 aliphatic heterocycles. The van der Waals surface area contributed by atoms with Crippen LogP contribution in [0.5, 0.6) is 0 Å². The van der Waals surface area contributed by atoms with Crippen LogP contribution in [0.4, 0.5) is 5.82 Å². The molecule has 0 saturated heterocycles. The van der Waals surface area contributed by atoms with E-state index in [1.165, 1.54) is 0 Å². The maximum atomic E-state index is 4.56. The fraction of sp³-hybridized carbons (Fsp3) is 0.462. The van der Waals surface area contributed by atoms with Gasteiger partial charge in [-0.2, -0.15) is 0 Å². The fourth-order valence-corrected chi connectivity index (χ4v) is 1.58. The Morgan fingerprint density at radius 3 is 2.78 bits per heavy atom. The molecule has 96 valence electrons. The van der Waals surface area contributed by atoms with Crippen LogP contribution in [0.2, 0.25) is 0 Å². The molecule has 0 aliphatic rings. The summed E-state index contributed by atoms with van der Waals surface area (Å²) in [5.74, 6) is 2.87. The molecule has 5 heteroatoms. The maximum Gasteiger partial charge on any atom is 0.143 e. The first-order valence-electron chi connectivity index (χ1n) is 6.32. The molecule has 0 fully saturated rings. The van der Waals surface area contributed by atoms with Crippen LogP contribution in [0.1, 0.15) is 38.9 Å². The third kappa shape index (κ3) is 2.85. The largest absolute Gasteiger partial charge is 0.370 e. The molecule has 0 spiro atoms. The Hall–Kier alpha value is -1.91. The average molecular weight is 245 g/mol. The second kappa shape index (κ2) is 5.62. The van der Waals surface area contributed by atoms with Crippen molar-refractivity contribution in [1.29, 1.82) is 0 Å². The van der Waals surface area contributed by atoms with E-state index in [-0.39, 0.29) is 0 Å². The molecule has 0 saturated carbocycles. The number of nitrogens with one attached hydrogen (secondary N) is 1. The Morgan fingerprint density at radius 1 is 1.33 bits per heavy atom. The summed E-state index contributed by atoms with van der Waals surface area (Å²) in [5.41, 5.74) is 0. The van der Waals surface area contributed by atoms with E-state index in [9.17, 15) is 0 Å². The molecule has 2 aromatic heterocycles. The molecule has 0 aliphatic carbocycles. The monoisotopic (exact) mass is 245 g/mol. The van der Waals surface area contributed by atoms with E-state index >= 15 is 0 Å². The smallest absolute Gasteiger partial charge is 0.143 e. The molecule has 2 rings (SSSR count). The number of hydrogen-bond acceptors (Lipinski definition) is 4. The van der Waals surface area contributed by atoms with Crippen molar-refractivity contribution in [2.24, 2.45) is 0 Å². The maximum absolute atomic E-state index is 4.56. The quantitative estimate of drug-likeness (QED) is 0.879. The van der Waals surface area contributed by atoms with E-state index in [4.69, 9.17) is 0 Å². The molecule has 0 radical (unpaired) electrons. The Bertz CT molecular complexity index is 490. The number of rotatable bonds is 5. The second-order valence-corrected chi connectivity index (χ2v) is 4.52. The third-order valence-corrected chi connectivity index (χ3v) is 2.57. The first-order valence-corrected chi connectivity index (χ1v) is 6.32. The van der Waals surface area contributed by atoms with Crippen molar-refractivity contribution < 1.29 is 0 Å². The van der Waals surface area contributed by atoms with Gasteiger partial charge in [0, 0.05) is 30.9 Å². The molecule has 0 amide bonds. The van der Waals surface area contributed by atoms with Gasteiger partial charge in [-0.25, -0.2) is 15.0 Å². The molecule has 0 atom stereocenters. The molecular weight excluding hydrogens is 226 g/mol. The molecule has 1 N–H and O–H groups in total. The molecule has 0 aromatic carbocycles. The number of hydrogen-bond donors (Lipinski definition) is 1. The topological polar surface area (TPSA) is 55.6 Å². The van der Waals surface area contributed by atoms with E-state index in [1.807, 2.05) is 16.8 Å². The lowest BCUT2D eigenvalue weighted by atomic mass is 10.2. The average Bonchev–Trinajstić information content (AvgIpc) is 2.89. The summed E-state index contributed by atoms with van der Waals surface area (Å²) in [7, 11) is 0. The summed E-state index contributed by atoms with van der Waals surface area (Å²) >= 11 is 0. The zero-order valence-corrected chi connectivity index (χ0v) is 11.1. The van der Waals surface area contributed by atoms with E-state index in [0.717, 1.165) is 30.4 Å².